The molecule has 0 spiro atoms. The van der Waals surface area contributed by atoms with E-state index in [2.05, 4.69) is 0 Å². The van der Waals surface area contributed by atoms with E-state index in [0.29, 0.717) is 43.1 Å². The number of hydrogen-bond acceptors (Lipinski definition) is 3. The molecule has 3 rings (SSSR count). The quantitative estimate of drug-likeness (QED) is 0.853. The third kappa shape index (κ3) is 4.04. The summed E-state index contributed by atoms with van der Waals surface area (Å²) in [5.74, 6) is 0.677. The van der Waals surface area contributed by atoms with Crippen molar-refractivity contribution in [1.29, 1.82) is 0 Å². The highest BCUT2D eigenvalue weighted by Crippen LogP contribution is 2.16. The third-order valence-corrected chi connectivity index (χ3v) is 4.69. The minimum absolute atomic E-state index is 0.0199. The first-order chi connectivity index (χ1) is 12.6. The van der Waals surface area contributed by atoms with E-state index in [4.69, 9.17) is 4.74 Å². The molecule has 0 bridgehead atoms. The molecule has 2 aromatic rings. The van der Waals surface area contributed by atoms with Crippen LogP contribution in [0.3, 0.4) is 0 Å². The molecule has 0 radical (unpaired) electrons. The Hall–Kier alpha value is -2.82. The summed E-state index contributed by atoms with van der Waals surface area (Å²) >= 11 is 0. The summed E-state index contributed by atoms with van der Waals surface area (Å²) < 4.78 is 5.20. The Labute approximate surface area is 154 Å². The van der Waals surface area contributed by atoms with Crippen LogP contribution in [0.4, 0.5) is 0 Å². The van der Waals surface area contributed by atoms with Gasteiger partial charge in [0.1, 0.15) is 5.75 Å². The second-order valence-electron chi connectivity index (χ2n) is 6.54. The van der Waals surface area contributed by atoms with Crippen LogP contribution in [0.15, 0.2) is 48.5 Å². The lowest BCUT2D eigenvalue weighted by Gasteiger charge is -2.22. The highest BCUT2D eigenvalue weighted by Gasteiger charge is 2.23. The van der Waals surface area contributed by atoms with Gasteiger partial charge >= 0.3 is 0 Å². The zero-order chi connectivity index (χ0) is 18.5. The number of nitrogens with zero attached hydrogens (tertiary/aromatic N) is 2. The van der Waals surface area contributed by atoms with Crippen LogP contribution in [-0.4, -0.2) is 54.9 Å². The summed E-state index contributed by atoms with van der Waals surface area (Å²) in [5, 5.41) is 0. The summed E-state index contributed by atoms with van der Waals surface area (Å²) in [6.45, 7) is 4.39. The van der Waals surface area contributed by atoms with Crippen molar-refractivity contribution in [3.8, 4) is 5.75 Å². The van der Waals surface area contributed by atoms with E-state index >= 15 is 0 Å². The van der Waals surface area contributed by atoms with Gasteiger partial charge in [0.15, 0.2) is 0 Å². The van der Waals surface area contributed by atoms with E-state index in [1.165, 1.54) is 0 Å². The second kappa shape index (κ2) is 8.04. The second-order valence-corrected chi connectivity index (χ2v) is 6.54. The van der Waals surface area contributed by atoms with Gasteiger partial charge in [-0.1, -0.05) is 23.8 Å². The Morgan fingerprint density at radius 3 is 2.08 bits per heavy atom. The van der Waals surface area contributed by atoms with Gasteiger partial charge in [-0.15, -0.1) is 0 Å². The molecule has 1 aliphatic heterocycles. The molecule has 0 unspecified atom stereocenters. The molecule has 0 aliphatic carbocycles. The van der Waals surface area contributed by atoms with Crippen molar-refractivity contribution in [3.05, 3.63) is 65.2 Å². The fourth-order valence-corrected chi connectivity index (χ4v) is 3.14. The van der Waals surface area contributed by atoms with Crippen LogP contribution in [0, 0.1) is 6.92 Å². The van der Waals surface area contributed by atoms with Gasteiger partial charge in [0.05, 0.1) is 7.11 Å². The number of carbonyl (C=O) groups is 2. The van der Waals surface area contributed by atoms with E-state index in [1.54, 1.807) is 19.2 Å². The number of methoxy groups -OCH3 is 1. The van der Waals surface area contributed by atoms with Gasteiger partial charge in [-0.25, -0.2) is 0 Å². The highest BCUT2D eigenvalue weighted by atomic mass is 16.5. The number of rotatable bonds is 3. The van der Waals surface area contributed by atoms with Crippen molar-refractivity contribution in [2.24, 2.45) is 0 Å². The minimum atomic E-state index is -0.0199. The predicted octanol–water partition coefficient (Wildman–Crippen LogP) is 2.99. The Balaban J connectivity index is 1.66. The molecule has 0 N–H and O–H groups in total. The van der Waals surface area contributed by atoms with Crippen molar-refractivity contribution in [2.75, 3.05) is 33.3 Å². The normalized spacial score (nSPS) is 14.7. The standard InChI is InChI=1S/C21H24N2O3/c1-16-7-9-17(10-8-16)20(24)22-11-4-12-23(14-13-22)21(25)18-5-3-6-19(15-18)26-2/h3,5-10,15H,4,11-14H2,1-2H3. The number of ether oxygens (including phenoxy) is 1. The van der Waals surface area contributed by atoms with Gasteiger partial charge in [-0.3, -0.25) is 9.59 Å². The maximum atomic E-state index is 12.8. The van der Waals surface area contributed by atoms with Crippen LogP contribution in [0.25, 0.3) is 0 Å². The molecule has 1 aliphatic rings. The van der Waals surface area contributed by atoms with Crippen molar-refractivity contribution < 1.29 is 14.3 Å². The first kappa shape index (κ1) is 18.0. The van der Waals surface area contributed by atoms with Crippen LogP contribution < -0.4 is 4.74 Å². The van der Waals surface area contributed by atoms with Crippen molar-refractivity contribution in [1.82, 2.24) is 9.80 Å². The van der Waals surface area contributed by atoms with Gasteiger partial charge in [-0.05, 0) is 43.7 Å². The molecular formula is C21H24N2O3. The zero-order valence-corrected chi connectivity index (χ0v) is 15.3. The number of carbonyl (C=O) groups excluding carboxylic acids is 2. The number of benzene rings is 2. The molecule has 1 fully saturated rings. The van der Waals surface area contributed by atoms with Crippen molar-refractivity contribution in [3.63, 3.8) is 0 Å². The van der Waals surface area contributed by atoms with Crippen LogP contribution in [-0.2, 0) is 0 Å². The summed E-state index contributed by atoms with van der Waals surface area (Å²) in [7, 11) is 1.59. The summed E-state index contributed by atoms with van der Waals surface area (Å²) in [5.41, 5.74) is 2.44. The maximum Gasteiger partial charge on any atom is 0.254 e. The number of hydrogen-bond donors (Lipinski definition) is 0. The van der Waals surface area contributed by atoms with E-state index in [-0.39, 0.29) is 11.8 Å². The molecule has 1 saturated heterocycles. The molecule has 1 heterocycles. The molecule has 5 nitrogen and oxygen atoms in total. The van der Waals surface area contributed by atoms with Crippen LogP contribution in [0.1, 0.15) is 32.7 Å². The van der Waals surface area contributed by atoms with E-state index in [0.717, 1.165) is 12.0 Å². The largest absolute Gasteiger partial charge is 0.497 e. The third-order valence-electron chi connectivity index (χ3n) is 4.69. The minimum Gasteiger partial charge on any atom is -0.497 e. The van der Waals surface area contributed by atoms with Crippen molar-refractivity contribution in [2.45, 2.75) is 13.3 Å². The number of amides is 2. The van der Waals surface area contributed by atoms with Gasteiger partial charge in [-0.2, -0.15) is 0 Å². The van der Waals surface area contributed by atoms with Gasteiger partial charge < -0.3 is 14.5 Å². The fraction of sp³-hybridized carbons (Fsp3) is 0.333. The van der Waals surface area contributed by atoms with Crippen LogP contribution >= 0.6 is 0 Å². The molecule has 136 valence electrons. The SMILES string of the molecule is COc1cccc(C(=O)N2CCCN(C(=O)c3ccc(C)cc3)CC2)c1. The maximum absolute atomic E-state index is 12.8. The lowest BCUT2D eigenvalue weighted by Crippen LogP contribution is -2.37. The molecule has 2 aromatic carbocycles. The van der Waals surface area contributed by atoms with Crippen LogP contribution in [0.2, 0.25) is 0 Å². The van der Waals surface area contributed by atoms with Gasteiger partial charge in [0, 0.05) is 37.3 Å². The topological polar surface area (TPSA) is 49.9 Å². The first-order valence-electron chi connectivity index (χ1n) is 8.88. The lowest BCUT2D eigenvalue weighted by atomic mass is 10.1. The van der Waals surface area contributed by atoms with Gasteiger partial charge in [0.25, 0.3) is 11.8 Å². The summed E-state index contributed by atoms with van der Waals surface area (Å²) in [4.78, 5) is 29.1. The lowest BCUT2D eigenvalue weighted by molar-refractivity contribution is 0.0718. The van der Waals surface area contributed by atoms with E-state index < -0.39 is 0 Å². The highest BCUT2D eigenvalue weighted by molar-refractivity contribution is 5.95. The smallest absolute Gasteiger partial charge is 0.254 e. The predicted molar refractivity (Wildman–Crippen MR) is 101 cm³/mol. The molecule has 0 atom stereocenters. The van der Waals surface area contributed by atoms with Crippen LogP contribution in [0.5, 0.6) is 5.75 Å². The van der Waals surface area contributed by atoms with E-state index in [9.17, 15) is 9.59 Å². The molecule has 0 saturated carbocycles. The first-order valence-corrected chi connectivity index (χ1v) is 8.88. The monoisotopic (exact) mass is 352 g/mol. The Kier molecular flexibility index (Phi) is 5.56. The average molecular weight is 352 g/mol. The molecular weight excluding hydrogens is 328 g/mol. The average Bonchev–Trinajstić information content (AvgIpc) is 2.93. The Bertz CT molecular complexity index is 786. The molecule has 2 amide bonds. The summed E-state index contributed by atoms with van der Waals surface area (Å²) in [6, 6.07) is 14.8. The fourth-order valence-electron chi connectivity index (χ4n) is 3.14. The number of aryl methyl sites for hydroxylation is 1. The Morgan fingerprint density at radius 2 is 1.46 bits per heavy atom. The van der Waals surface area contributed by atoms with E-state index in [1.807, 2.05) is 53.1 Å². The molecule has 0 aromatic heterocycles. The molecule has 5 heteroatoms. The van der Waals surface area contributed by atoms with Crippen molar-refractivity contribution >= 4 is 11.8 Å². The molecule has 26 heavy (non-hydrogen) atoms. The Morgan fingerprint density at radius 1 is 0.846 bits per heavy atom. The zero-order valence-electron chi connectivity index (χ0n) is 15.3. The van der Waals surface area contributed by atoms with Gasteiger partial charge in [0.2, 0.25) is 0 Å². The summed E-state index contributed by atoms with van der Waals surface area (Å²) in [6.07, 6.45) is 0.771.